The number of nitrogens with zero attached hydrogens (tertiary/aromatic N) is 4. The van der Waals surface area contributed by atoms with Gasteiger partial charge in [-0.05, 0) is 35.4 Å². The van der Waals surface area contributed by atoms with Gasteiger partial charge in [0, 0.05) is 12.6 Å². The molecule has 1 aliphatic rings. The molecular weight excluding hydrogens is 202 g/mol. The molecule has 1 aliphatic carbocycles. The van der Waals surface area contributed by atoms with E-state index in [1.807, 2.05) is 12.1 Å². The zero-order chi connectivity index (χ0) is 10.8. The third-order valence-electron chi connectivity index (χ3n) is 3.23. The molecule has 0 aliphatic heterocycles. The van der Waals surface area contributed by atoms with Crippen LogP contribution in [0.2, 0.25) is 0 Å². The van der Waals surface area contributed by atoms with E-state index >= 15 is 0 Å². The number of pyridine rings is 1. The van der Waals surface area contributed by atoms with E-state index in [1.165, 1.54) is 25.7 Å². The molecule has 0 bridgehead atoms. The Labute approximate surface area is 93.8 Å². The van der Waals surface area contributed by atoms with Gasteiger partial charge in [-0.1, -0.05) is 18.9 Å². The van der Waals surface area contributed by atoms with Crippen molar-refractivity contribution in [3.05, 3.63) is 23.9 Å². The number of hydrogen-bond acceptors (Lipinski definition) is 4. The van der Waals surface area contributed by atoms with E-state index in [2.05, 4.69) is 26.9 Å². The third-order valence-corrected chi connectivity index (χ3v) is 3.23. The van der Waals surface area contributed by atoms with E-state index in [4.69, 9.17) is 0 Å². The summed E-state index contributed by atoms with van der Waals surface area (Å²) in [4.78, 5) is 0. The minimum Gasteiger partial charge on any atom is -0.308 e. The first-order chi connectivity index (χ1) is 7.93. The lowest BCUT2D eigenvalue weighted by atomic mass is 10.2. The van der Waals surface area contributed by atoms with Crippen LogP contribution in [0.1, 0.15) is 31.4 Å². The Hall–Kier alpha value is -1.49. The highest BCUT2D eigenvalue weighted by Gasteiger charge is 2.14. The Morgan fingerprint density at radius 3 is 3.06 bits per heavy atom. The summed E-state index contributed by atoms with van der Waals surface area (Å²) in [6, 6.07) is 6.65. The van der Waals surface area contributed by atoms with Crippen molar-refractivity contribution >= 4 is 5.65 Å². The highest BCUT2D eigenvalue weighted by Crippen LogP contribution is 2.18. The van der Waals surface area contributed by atoms with Crippen LogP contribution in [0.25, 0.3) is 5.65 Å². The van der Waals surface area contributed by atoms with Gasteiger partial charge in [0.2, 0.25) is 0 Å². The van der Waals surface area contributed by atoms with Gasteiger partial charge in [-0.15, -0.1) is 5.10 Å². The van der Waals surface area contributed by atoms with Crippen molar-refractivity contribution in [2.45, 2.75) is 38.3 Å². The quantitative estimate of drug-likeness (QED) is 0.838. The number of aromatic nitrogens is 4. The molecule has 0 radical (unpaired) electrons. The maximum atomic E-state index is 3.98. The van der Waals surface area contributed by atoms with Gasteiger partial charge in [0.15, 0.2) is 5.65 Å². The number of fused-ring (bicyclic) bond motifs is 1. The topological polar surface area (TPSA) is 55.1 Å². The molecule has 0 saturated heterocycles. The Bertz CT molecular complexity index is 472. The second-order valence-corrected chi connectivity index (χ2v) is 4.33. The van der Waals surface area contributed by atoms with Gasteiger partial charge >= 0.3 is 0 Å². The summed E-state index contributed by atoms with van der Waals surface area (Å²) >= 11 is 0. The van der Waals surface area contributed by atoms with Gasteiger partial charge in [0.25, 0.3) is 0 Å². The van der Waals surface area contributed by atoms with Crippen molar-refractivity contribution in [3.8, 4) is 0 Å². The van der Waals surface area contributed by atoms with Gasteiger partial charge in [0.05, 0.1) is 5.69 Å². The predicted molar refractivity (Wildman–Crippen MR) is 59.9 cm³/mol. The zero-order valence-electron chi connectivity index (χ0n) is 9.13. The summed E-state index contributed by atoms with van der Waals surface area (Å²) in [5.41, 5.74) is 1.93. The van der Waals surface area contributed by atoms with Crippen LogP contribution in [-0.2, 0) is 6.54 Å². The Morgan fingerprint density at radius 2 is 2.19 bits per heavy atom. The summed E-state index contributed by atoms with van der Waals surface area (Å²) in [6.07, 6.45) is 5.30. The molecule has 84 valence electrons. The molecule has 2 aromatic heterocycles. The van der Waals surface area contributed by atoms with E-state index in [1.54, 1.807) is 4.52 Å². The second kappa shape index (κ2) is 4.17. The normalized spacial score (nSPS) is 17.2. The van der Waals surface area contributed by atoms with Crippen LogP contribution >= 0.6 is 0 Å². The van der Waals surface area contributed by atoms with Gasteiger partial charge in [0.1, 0.15) is 0 Å². The fraction of sp³-hybridized carbons (Fsp3) is 0.545. The van der Waals surface area contributed by atoms with Crippen molar-refractivity contribution in [3.63, 3.8) is 0 Å². The lowest BCUT2D eigenvalue weighted by Gasteiger charge is -2.11. The maximum Gasteiger partial charge on any atom is 0.179 e. The maximum absolute atomic E-state index is 3.98. The van der Waals surface area contributed by atoms with Crippen molar-refractivity contribution in [1.29, 1.82) is 0 Å². The van der Waals surface area contributed by atoms with E-state index < -0.39 is 0 Å². The van der Waals surface area contributed by atoms with E-state index in [0.717, 1.165) is 17.9 Å². The first-order valence-electron chi connectivity index (χ1n) is 5.83. The van der Waals surface area contributed by atoms with Crippen LogP contribution in [0, 0.1) is 0 Å². The summed E-state index contributed by atoms with van der Waals surface area (Å²) < 4.78 is 1.79. The van der Waals surface area contributed by atoms with Gasteiger partial charge < -0.3 is 5.32 Å². The molecule has 0 spiro atoms. The average Bonchev–Trinajstić information content (AvgIpc) is 2.97. The van der Waals surface area contributed by atoms with Crippen LogP contribution in [0.15, 0.2) is 18.2 Å². The largest absolute Gasteiger partial charge is 0.308 e. The van der Waals surface area contributed by atoms with E-state index in [9.17, 15) is 0 Å². The Kier molecular flexibility index (Phi) is 2.53. The first-order valence-corrected chi connectivity index (χ1v) is 5.83. The highest BCUT2D eigenvalue weighted by atomic mass is 15.5. The van der Waals surface area contributed by atoms with Crippen LogP contribution < -0.4 is 5.32 Å². The first kappa shape index (κ1) is 9.72. The summed E-state index contributed by atoms with van der Waals surface area (Å²) in [6.45, 7) is 0.840. The van der Waals surface area contributed by atoms with Gasteiger partial charge in [-0.3, -0.25) is 0 Å². The number of hydrogen-bond donors (Lipinski definition) is 1. The molecule has 5 nitrogen and oxygen atoms in total. The third kappa shape index (κ3) is 1.78. The summed E-state index contributed by atoms with van der Waals surface area (Å²) in [7, 11) is 0. The predicted octanol–water partition coefficient (Wildman–Crippen LogP) is 1.16. The molecule has 1 saturated carbocycles. The Morgan fingerprint density at radius 1 is 1.31 bits per heavy atom. The molecule has 1 fully saturated rings. The molecule has 2 aromatic rings. The fourth-order valence-corrected chi connectivity index (χ4v) is 2.33. The van der Waals surface area contributed by atoms with Crippen molar-refractivity contribution in [2.75, 3.05) is 0 Å². The minimum absolute atomic E-state index is 0.673. The van der Waals surface area contributed by atoms with Crippen molar-refractivity contribution in [2.24, 2.45) is 0 Å². The monoisotopic (exact) mass is 217 g/mol. The van der Waals surface area contributed by atoms with Crippen LogP contribution in [-0.4, -0.2) is 26.1 Å². The number of tetrazole rings is 1. The lowest BCUT2D eigenvalue weighted by molar-refractivity contribution is 0.513. The highest BCUT2D eigenvalue weighted by molar-refractivity contribution is 5.36. The van der Waals surface area contributed by atoms with E-state index in [-0.39, 0.29) is 0 Å². The second-order valence-electron chi connectivity index (χ2n) is 4.33. The smallest absolute Gasteiger partial charge is 0.179 e. The van der Waals surface area contributed by atoms with Gasteiger partial charge in [-0.2, -0.15) is 4.52 Å². The molecule has 0 atom stereocenters. The molecule has 0 aromatic carbocycles. The molecule has 2 heterocycles. The zero-order valence-corrected chi connectivity index (χ0v) is 9.13. The standard InChI is InChI=1S/C11H15N5/c1-2-5-9(4-1)12-8-10-6-3-7-11-13-14-15-16(10)11/h3,6-7,9,12H,1-2,4-5,8H2. The van der Waals surface area contributed by atoms with Crippen molar-refractivity contribution in [1.82, 2.24) is 25.4 Å². The molecule has 1 N–H and O–H groups in total. The Balaban J connectivity index is 1.75. The number of rotatable bonds is 3. The average molecular weight is 217 g/mol. The summed E-state index contributed by atoms with van der Waals surface area (Å²) in [5, 5.41) is 15.2. The lowest BCUT2D eigenvalue weighted by Crippen LogP contribution is -2.26. The van der Waals surface area contributed by atoms with Crippen molar-refractivity contribution < 1.29 is 0 Å². The summed E-state index contributed by atoms with van der Waals surface area (Å²) in [5.74, 6) is 0. The minimum atomic E-state index is 0.673. The van der Waals surface area contributed by atoms with Crippen LogP contribution in [0.5, 0.6) is 0 Å². The molecule has 16 heavy (non-hydrogen) atoms. The molecular formula is C11H15N5. The molecule has 0 unspecified atom stereocenters. The SMILES string of the molecule is c1cc(CNC2CCCC2)n2nnnc2c1. The fourth-order valence-electron chi connectivity index (χ4n) is 2.33. The molecule has 0 amide bonds. The van der Waals surface area contributed by atoms with Crippen LogP contribution in [0.4, 0.5) is 0 Å². The van der Waals surface area contributed by atoms with Crippen LogP contribution in [0.3, 0.4) is 0 Å². The van der Waals surface area contributed by atoms with Gasteiger partial charge in [-0.25, -0.2) is 0 Å². The number of nitrogens with one attached hydrogen (secondary N) is 1. The molecule has 3 rings (SSSR count). The van der Waals surface area contributed by atoms with E-state index in [0.29, 0.717) is 6.04 Å². The molecule has 5 heteroatoms.